The van der Waals surface area contributed by atoms with Crippen molar-refractivity contribution >= 4 is 15.8 Å². The molecule has 0 aliphatic heterocycles. The first-order valence-corrected chi connectivity index (χ1v) is 11.5. The lowest BCUT2D eigenvalue weighted by Crippen LogP contribution is -2.39. The second kappa shape index (κ2) is 8.21. The van der Waals surface area contributed by atoms with Crippen molar-refractivity contribution in [2.75, 3.05) is 0 Å². The van der Waals surface area contributed by atoms with Gasteiger partial charge in [-0.25, -0.2) is 12.4 Å². The minimum absolute atomic E-state index is 0.170. The maximum Gasteiger partial charge on any atom is 0.267 e. The molecule has 0 bridgehead atoms. The predicted octanol–water partition coefficient (Wildman–Crippen LogP) is 4.11. The lowest BCUT2D eigenvalue weighted by atomic mass is 9.72. The molecule has 28 heavy (non-hydrogen) atoms. The topological polar surface area (TPSA) is 76.4 Å². The summed E-state index contributed by atoms with van der Waals surface area (Å²) in [6, 6.07) is 9.91. The van der Waals surface area contributed by atoms with Gasteiger partial charge in [-0.3, -0.25) is 4.79 Å². The quantitative estimate of drug-likeness (QED) is 0.720. The number of carbonyl (C=O) groups is 1. The van der Waals surface area contributed by atoms with Crippen LogP contribution in [0.3, 0.4) is 0 Å². The molecule has 0 spiro atoms. The van der Waals surface area contributed by atoms with Crippen LogP contribution < -0.4 is 0 Å². The Hall–Kier alpha value is -1.92. The lowest BCUT2D eigenvalue weighted by Gasteiger charge is -2.37. The van der Waals surface area contributed by atoms with Gasteiger partial charge in [0, 0.05) is 30.3 Å². The molecule has 1 N–H and O–H groups in total. The van der Waals surface area contributed by atoms with Gasteiger partial charge in [-0.1, -0.05) is 44.9 Å². The Balaban J connectivity index is 1.97. The normalized spacial score (nSPS) is 20.8. The summed E-state index contributed by atoms with van der Waals surface area (Å²) >= 11 is 0. The lowest BCUT2D eigenvalue weighted by molar-refractivity contribution is -0.127. The second-order valence-corrected chi connectivity index (χ2v) is 9.67. The van der Waals surface area contributed by atoms with Crippen molar-refractivity contribution in [3.05, 3.63) is 54.4 Å². The molecule has 3 unspecified atom stereocenters. The van der Waals surface area contributed by atoms with Crippen LogP contribution in [0.5, 0.6) is 0 Å². The molecule has 0 radical (unpaired) electrons. The SMILES string of the molecule is CCCCC(O)(c1ccn(S(=O)(=O)c2ccccc2)c1)C(C)C1CCCC1=O. The number of rotatable bonds is 8. The standard InChI is InChI=1S/C22H29NO4S/c1-3-4-14-22(25,17(2)20-11-8-12-21(20)24)18-13-15-23(16-18)28(26,27)19-9-6-5-7-10-19/h5-7,9-10,13,15-17,20,25H,3-4,8,11-12,14H2,1-2H3. The molecule has 2 aromatic rings. The van der Waals surface area contributed by atoms with E-state index in [9.17, 15) is 18.3 Å². The van der Waals surface area contributed by atoms with Crippen LogP contribution in [0.15, 0.2) is 53.7 Å². The Labute approximate surface area is 167 Å². The van der Waals surface area contributed by atoms with Crippen LogP contribution in [0.4, 0.5) is 0 Å². The van der Waals surface area contributed by atoms with Crippen molar-refractivity contribution in [1.29, 1.82) is 0 Å². The zero-order valence-corrected chi connectivity index (χ0v) is 17.4. The minimum Gasteiger partial charge on any atom is -0.385 e. The summed E-state index contributed by atoms with van der Waals surface area (Å²) < 4.78 is 27.0. The van der Waals surface area contributed by atoms with Crippen LogP contribution in [0.2, 0.25) is 0 Å². The zero-order chi connectivity index (χ0) is 20.4. The molecule has 1 aliphatic carbocycles. The first kappa shape index (κ1) is 20.8. The molecule has 3 atom stereocenters. The molecular formula is C22H29NO4S. The van der Waals surface area contributed by atoms with Crippen molar-refractivity contribution in [1.82, 2.24) is 3.97 Å². The molecule has 0 saturated heterocycles. The average Bonchev–Trinajstić information content (AvgIpc) is 3.36. The number of aliphatic hydroxyl groups is 1. The van der Waals surface area contributed by atoms with Gasteiger partial charge in [-0.05, 0) is 43.4 Å². The van der Waals surface area contributed by atoms with E-state index in [1.165, 1.54) is 12.4 Å². The summed E-state index contributed by atoms with van der Waals surface area (Å²) in [7, 11) is -3.72. The monoisotopic (exact) mass is 403 g/mol. The molecule has 1 aromatic carbocycles. The van der Waals surface area contributed by atoms with Gasteiger partial charge in [0.1, 0.15) is 5.78 Å². The molecule has 1 aromatic heterocycles. The van der Waals surface area contributed by atoms with Crippen molar-refractivity contribution < 1.29 is 18.3 Å². The van der Waals surface area contributed by atoms with Crippen LogP contribution in [0, 0.1) is 11.8 Å². The van der Waals surface area contributed by atoms with Gasteiger partial charge in [-0.2, -0.15) is 0 Å². The Bertz CT molecular complexity index is 919. The number of aromatic nitrogens is 1. The van der Waals surface area contributed by atoms with Gasteiger partial charge in [-0.15, -0.1) is 0 Å². The molecular weight excluding hydrogens is 374 g/mol. The van der Waals surface area contributed by atoms with Gasteiger partial charge in [0.25, 0.3) is 10.0 Å². The van der Waals surface area contributed by atoms with E-state index in [1.54, 1.807) is 36.4 Å². The van der Waals surface area contributed by atoms with E-state index in [-0.39, 0.29) is 22.5 Å². The number of ketones is 1. The summed E-state index contributed by atoms with van der Waals surface area (Å²) in [5.41, 5.74) is -0.661. The molecule has 1 saturated carbocycles. The van der Waals surface area contributed by atoms with Gasteiger partial charge in [0.2, 0.25) is 0 Å². The van der Waals surface area contributed by atoms with E-state index in [4.69, 9.17) is 0 Å². The second-order valence-electron chi connectivity index (χ2n) is 7.83. The van der Waals surface area contributed by atoms with E-state index in [0.717, 1.165) is 29.7 Å². The molecule has 152 valence electrons. The van der Waals surface area contributed by atoms with E-state index in [1.807, 2.05) is 6.92 Å². The molecule has 0 amide bonds. The van der Waals surface area contributed by atoms with Crippen LogP contribution >= 0.6 is 0 Å². The summed E-state index contributed by atoms with van der Waals surface area (Å²) in [5, 5.41) is 11.6. The zero-order valence-electron chi connectivity index (χ0n) is 16.5. The molecule has 6 heteroatoms. The predicted molar refractivity (Wildman–Crippen MR) is 108 cm³/mol. The Kier molecular flexibility index (Phi) is 6.10. The van der Waals surface area contributed by atoms with Gasteiger partial charge < -0.3 is 5.11 Å². The van der Waals surface area contributed by atoms with Crippen LogP contribution in [0.1, 0.15) is 57.9 Å². The fraction of sp³-hybridized carbons (Fsp3) is 0.500. The molecule has 1 fully saturated rings. The third-order valence-electron chi connectivity index (χ3n) is 6.11. The van der Waals surface area contributed by atoms with E-state index in [2.05, 4.69) is 6.92 Å². The Morgan fingerprint density at radius 2 is 1.96 bits per heavy atom. The summed E-state index contributed by atoms with van der Waals surface area (Å²) in [6.07, 6.45) is 7.44. The number of nitrogens with zero attached hydrogens (tertiary/aromatic N) is 1. The van der Waals surface area contributed by atoms with Crippen molar-refractivity contribution in [3.63, 3.8) is 0 Å². The van der Waals surface area contributed by atoms with Gasteiger partial charge >= 0.3 is 0 Å². The summed E-state index contributed by atoms with van der Waals surface area (Å²) in [5.74, 6) is -0.223. The highest BCUT2D eigenvalue weighted by Gasteiger charge is 2.44. The minimum atomic E-state index is -3.72. The smallest absolute Gasteiger partial charge is 0.267 e. The molecule has 5 nitrogen and oxygen atoms in total. The first-order valence-electron chi connectivity index (χ1n) is 10.0. The summed E-state index contributed by atoms with van der Waals surface area (Å²) in [4.78, 5) is 12.5. The van der Waals surface area contributed by atoms with Crippen molar-refractivity contribution in [2.24, 2.45) is 11.8 Å². The number of carbonyl (C=O) groups excluding carboxylic acids is 1. The third-order valence-corrected chi connectivity index (χ3v) is 7.76. The highest BCUT2D eigenvalue weighted by molar-refractivity contribution is 7.90. The van der Waals surface area contributed by atoms with Crippen molar-refractivity contribution in [2.45, 2.75) is 62.9 Å². The van der Waals surface area contributed by atoms with Crippen LogP contribution in [0.25, 0.3) is 0 Å². The fourth-order valence-corrected chi connectivity index (χ4v) is 5.50. The Morgan fingerprint density at radius 1 is 1.25 bits per heavy atom. The Morgan fingerprint density at radius 3 is 2.57 bits per heavy atom. The van der Waals surface area contributed by atoms with E-state index in [0.29, 0.717) is 18.4 Å². The fourth-order valence-electron chi connectivity index (χ4n) is 4.28. The highest BCUT2D eigenvalue weighted by Crippen LogP contribution is 2.43. The molecule has 1 aliphatic rings. The van der Waals surface area contributed by atoms with E-state index >= 15 is 0 Å². The van der Waals surface area contributed by atoms with Gasteiger partial charge in [0.15, 0.2) is 0 Å². The van der Waals surface area contributed by atoms with Crippen molar-refractivity contribution in [3.8, 4) is 0 Å². The van der Waals surface area contributed by atoms with Crippen LogP contribution in [-0.2, 0) is 20.4 Å². The average molecular weight is 404 g/mol. The van der Waals surface area contributed by atoms with Gasteiger partial charge in [0.05, 0.1) is 10.5 Å². The molecule has 1 heterocycles. The number of hydrogen-bond acceptors (Lipinski definition) is 4. The summed E-state index contributed by atoms with van der Waals surface area (Å²) in [6.45, 7) is 3.98. The number of benzene rings is 1. The highest BCUT2D eigenvalue weighted by atomic mass is 32.2. The maximum absolute atomic E-state index is 12.9. The number of Topliss-reactive ketones (excluding diaryl/α,β-unsaturated/α-hetero) is 1. The van der Waals surface area contributed by atoms with E-state index < -0.39 is 15.6 Å². The van der Waals surface area contributed by atoms with Crippen LogP contribution in [-0.4, -0.2) is 23.3 Å². The third kappa shape index (κ3) is 3.80. The largest absolute Gasteiger partial charge is 0.385 e. The number of unbranched alkanes of at least 4 members (excludes halogenated alkanes) is 1. The molecule has 3 rings (SSSR count). The maximum atomic E-state index is 12.9. The first-order chi connectivity index (χ1) is 13.3. The number of hydrogen-bond donors (Lipinski definition) is 1.